The van der Waals surface area contributed by atoms with E-state index < -0.39 is 22.0 Å². The second kappa shape index (κ2) is 6.15. The van der Waals surface area contributed by atoms with Crippen LogP contribution in [-0.2, 0) is 14.8 Å². The lowest BCUT2D eigenvalue weighted by Gasteiger charge is -2.16. The average Bonchev–Trinajstić information content (AvgIpc) is 3.21. The van der Waals surface area contributed by atoms with Gasteiger partial charge in [0, 0.05) is 6.04 Å². The van der Waals surface area contributed by atoms with Gasteiger partial charge in [-0.15, -0.1) is 0 Å². The molecule has 5 nitrogen and oxygen atoms in total. The summed E-state index contributed by atoms with van der Waals surface area (Å²) in [5, 5.41) is 8.89. The van der Waals surface area contributed by atoms with Crippen molar-refractivity contribution in [2.24, 2.45) is 5.92 Å². The standard InChI is InChI=1S/C15H21NO4S/c1-10(2)11-5-7-13(8-6-11)21(19,20)16-14(9-15(17)18)12-3-4-12/h5-8,10,12,14,16H,3-4,9H2,1-2H3,(H,17,18). The summed E-state index contributed by atoms with van der Waals surface area (Å²) in [7, 11) is -3.67. The summed E-state index contributed by atoms with van der Waals surface area (Å²) in [5.74, 6) is -0.503. The van der Waals surface area contributed by atoms with E-state index in [0.29, 0.717) is 5.92 Å². The van der Waals surface area contributed by atoms with Crippen molar-refractivity contribution in [2.75, 3.05) is 0 Å². The molecule has 1 saturated carbocycles. The summed E-state index contributed by atoms with van der Waals surface area (Å²) in [6, 6.07) is 6.22. The molecule has 0 spiro atoms. The van der Waals surface area contributed by atoms with Gasteiger partial charge in [0.1, 0.15) is 0 Å². The van der Waals surface area contributed by atoms with E-state index in [1.54, 1.807) is 24.3 Å². The van der Waals surface area contributed by atoms with Crippen LogP contribution in [0.25, 0.3) is 0 Å². The summed E-state index contributed by atoms with van der Waals surface area (Å²) in [6.45, 7) is 4.08. The first kappa shape index (κ1) is 16.0. The number of carbonyl (C=O) groups is 1. The lowest BCUT2D eigenvalue weighted by molar-refractivity contribution is -0.137. The third kappa shape index (κ3) is 4.28. The predicted molar refractivity (Wildman–Crippen MR) is 79.6 cm³/mol. The van der Waals surface area contributed by atoms with Crippen molar-refractivity contribution >= 4 is 16.0 Å². The minimum absolute atomic E-state index is 0.144. The van der Waals surface area contributed by atoms with Gasteiger partial charge in [-0.25, -0.2) is 13.1 Å². The van der Waals surface area contributed by atoms with Crippen LogP contribution in [0.5, 0.6) is 0 Å². The second-order valence-electron chi connectivity index (χ2n) is 5.89. The summed E-state index contributed by atoms with van der Waals surface area (Å²) >= 11 is 0. The van der Waals surface area contributed by atoms with E-state index in [9.17, 15) is 13.2 Å². The molecule has 6 heteroatoms. The maximum absolute atomic E-state index is 12.3. The van der Waals surface area contributed by atoms with Crippen LogP contribution >= 0.6 is 0 Å². The first-order chi connectivity index (χ1) is 9.79. The predicted octanol–water partition coefficient (Wildman–Crippen LogP) is 2.34. The zero-order chi connectivity index (χ0) is 15.6. The Kier molecular flexibility index (Phi) is 4.68. The Morgan fingerprint density at radius 2 is 1.86 bits per heavy atom. The molecule has 1 aromatic rings. The molecule has 1 unspecified atom stereocenters. The summed E-state index contributed by atoms with van der Waals surface area (Å²) in [4.78, 5) is 11.0. The van der Waals surface area contributed by atoms with Gasteiger partial charge >= 0.3 is 5.97 Å². The van der Waals surface area contributed by atoms with Crippen molar-refractivity contribution in [1.82, 2.24) is 4.72 Å². The SMILES string of the molecule is CC(C)c1ccc(S(=O)(=O)NC(CC(=O)O)C2CC2)cc1. The fraction of sp³-hybridized carbons (Fsp3) is 0.533. The summed E-state index contributed by atoms with van der Waals surface area (Å²) in [6.07, 6.45) is 1.59. The molecule has 0 bridgehead atoms. The van der Waals surface area contributed by atoms with E-state index >= 15 is 0 Å². The topological polar surface area (TPSA) is 83.5 Å². The zero-order valence-electron chi connectivity index (χ0n) is 12.2. The molecule has 1 fully saturated rings. The summed E-state index contributed by atoms with van der Waals surface area (Å²) in [5.41, 5.74) is 1.07. The molecule has 0 heterocycles. The number of carboxylic acids is 1. The Morgan fingerprint density at radius 3 is 2.29 bits per heavy atom. The second-order valence-corrected chi connectivity index (χ2v) is 7.60. The van der Waals surface area contributed by atoms with E-state index in [4.69, 9.17) is 5.11 Å². The van der Waals surface area contributed by atoms with Gasteiger partial charge in [-0.3, -0.25) is 4.79 Å². The van der Waals surface area contributed by atoms with Crippen molar-refractivity contribution in [3.63, 3.8) is 0 Å². The molecule has 1 aromatic carbocycles. The number of hydrogen-bond acceptors (Lipinski definition) is 3. The monoisotopic (exact) mass is 311 g/mol. The highest BCUT2D eigenvalue weighted by Crippen LogP contribution is 2.34. The van der Waals surface area contributed by atoms with E-state index in [1.807, 2.05) is 13.8 Å². The van der Waals surface area contributed by atoms with Crippen LogP contribution in [0.1, 0.15) is 44.6 Å². The van der Waals surface area contributed by atoms with Gasteiger partial charge in [-0.2, -0.15) is 0 Å². The van der Waals surface area contributed by atoms with Crippen LogP contribution in [0.3, 0.4) is 0 Å². The minimum atomic E-state index is -3.67. The van der Waals surface area contributed by atoms with Crippen LogP contribution in [0, 0.1) is 5.92 Å². The van der Waals surface area contributed by atoms with E-state index in [-0.39, 0.29) is 17.2 Å². The molecule has 21 heavy (non-hydrogen) atoms. The molecule has 1 aliphatic carbocycles. The van der Waals surface area contributed by atoms with Crippen molar-refractivity contribution < 1.29 is 18.3 Å². The third-order valence-electron chi connectivity index (χ3n) is 3.75. The number of sulfonamides is 1. The average molecular weight is 311 g/mol. The quantitative estimate of drug-likeness (QED) is 0.809. The largest absolute Gasteiger partial charge is 0.481 e. The lowest BCUT2D eigenvalue weighted by atomic mass is 10.0. The van der Waals surface area contributed by atoms with Crippen molar-refractivity contribution in [3.8, 4) is 0 Å². The lowest BCUT2D eigenvalue weighted by Crippen LogP contribution is -2.38. The molecule has 0 radical (unpaired) electrons. The first-order valence-electron chi connectivity index (χ1n) is 7.13. The Hall–Kier alpha value is -1.40. The smallest absolute Gasteiger partial charge is 0.304 e. The molecule has 0 aromatic heterocycles. The first-order valence-corrected chi connectivity index (χ1v) is 8.62. The maximum atomic E-state index is 12.3. The summed E-state index contributed by atoms with van der Waals surface area (Å²) < 4.78 is 27.2. The number of aliphatic carboxylic acids is 1. The Balaban J connectivity index is 2.14. The van der Waals surface area contributed by atoms with E-state index in [2.05, 4.69) is 4.72 Å². The maximum Gasteiger partial charge on any atom is 0.304 e. The van der Waals surface area contributed by atoms with Crippen LogP contribution in [0.4, 0.5) is 0 Å². The number of benzene rings is 1. The van der Waals surface area contributed by atoms with Crippen LogP contribution < -0.4 is 4.72 Å². The molecule has 116 valence electrons. The van der Waals surface area contributed by atoms with E-state index in [1.165, 1.54) is 0 Å². The van der Waals surface area contributed by atoms with Crippen molar-refractivity contribution in [2.45, 2.75) is 50.0 Å². The van der Waals surface area contributed by atoms with Gasteiger partial charge in [-0.05, 0) is 42.4 Å². The number of nitrogens with one attached hydrogen (secondary N) is 1. The number of rotatable bonds is 7. The van der Waals surface area contributed by atoms with Gasteiger partial charge in [0.15, 0.2) is 0 Å². The zero-order valence-corrected chi connectivity index (χ0v) is 13.1. The number of carboxylic acid groups (broad SMARTS) is 1. The normalized spacial score (nSPS) is 16.9. The van der Waals surface area contributed by atoms with Gasteiger partial charge < -0.3 is 5.11 Å². The van der Waals surface area contributed by atoms with Crippen LogP contribution in [-0.4, -0.2) is 25.5 Å². The molecule has 2 N–H and O–H groups in total. The molecular formula is C15H21NO4S. The van der Waals surface area contributed by atoms with E-state index in [0.717, 1.165) is 18.4 Å². The Labute approximate surface area is 125 Å². The van der Waals surface area contributed by atoms with Crippen molar-refractivity contribution in [1.29, 1.82) is 0 Å². The molecule has 0 saturated heterocycles. The number of hydrogen-bond donors (Lipinski definition) is 2. The van der Waals surface area contributed by atoms with Gasteiger partial charge in [0.05, 0.1) is 11.3 Å². The Morgan fingerprint density at radius 1 is 1.29 bits per heavy atom. The molecule has 1 aliphatic rings. The molecule has 0 aliphatic heterocycles. The van der Waals surface area contributed by atoms with Crippen LogP contribution in [0.2, 0.25) is 0 Å². The fourth-order valence-corrected chi connectivity index (χ4v) is 3.60. The highest BCUT2D eigenvalue weighted by molar-refractivity contribution is 7.89. The van der Waals surface area contributed by atoms with Gasteiger partial charge in [0.25, 0.3) is 0 Å². The van der Waals surface area contributed by atoms with Gasteiger partial charge in [-0.1, -0.05) is 26.0 Å². The minimum Gasteiger partial charge on any atom is -0.481 e. The van der Waals surface area contributed by atoms with Gasteiger partial charge in [0.2, 0.25) is 10.0 Å². The third-order valence-corrected chi connectivity index (χ3v) is 5.25. The molecule has 1 atom stereocenters. The molecular weight excluding hydrogens is 290 g/mol. The molecule has 2 rings (SSSR count). The molecule has 0 amide bonds. The van der Waals surface area contributed by atoms with Crippen molar-refractivity contribution in [3.05, 3.63) is 29.8 Å². The Bertz CT molecular complexity index is 603. The van der Waals surface area contributed by atoms with Crippen LogP contribution in [0.15, 0.2) is 29.2 Å². The fourth-order valence-electron chi connectivity index (χ4n) is 2.29. The highest BCUT2D eigenvalue weighted by atomic mass is 32.2. The highest BCUT2D eigenvalue weighted by Gasteiger charge is 2.35.